The third-order valence-corrected chi connectivity index (χ3v) is 6.44. The molecule has 40 heavy (non-hydrogen) atoms. The Balaban J connectivity index is 0.000000195. The zero-order valence-corrected chi connectivity index (χ0v) is 24.0. The Morgan fingerprint density at radius 1 is 0.675 bits per heavy atom. The number of hydrogen-bond acceptors (Lipinski definition) is 3. The van der Waals surface area contributed by atoms with Gasteiger partial charge in [0.05, 0.1) is 11.1 Å². The molecule has 0 aliphatic carbocycles. The van der Waals surface area contributed by atoms with Crippen molar-refractivity contribution in [2.45, 2.75) is 6.92 Å². The predicted octanol–water partition coefficient (Wildman–Crippen LogP) is 9.11. The summed E-state index contributed by atoms with van der Waals surface area (Å²) in [6.07, 6.45) is 3.53. The largest absolute Gasteiger partial charge is 0.500 e. The minimum absolute atomic E-state index is 0. The van der Waals surface area contributed by atoms with Gasteiger partial charge in [0, 0.05) is 37.9 Å². The molecule has 0 spiro atoms. The van der Waals surface area contributed by atoms with Crippen LogP contribution in [0.15, 0.2) is 126 Å². The van der Waals surface area contributed by atoms with E-state index >= 15 is 0 Å². The summed E-state index contributed by atoms with van der Waals surface area (Å²) in [6, 6.07) is 40.6. The van der Waals surface area contributed by atoms with E-state index in [1.807, 2.05) is 91.0 Å². The van der Waals surface area contributed by atoms with E-state index in [0.717, 1.165) is 38.9 Å². The van der Waals surface area contributed by atoms with Crippen molar-refractivity contribution >= 4 is 21.9 Å². The van der Waals surface area contributed by atoms with Crippen LogP contribution < -0.4 is 0 Å². The van der Waals surface area contributed by atoms with Gasteiger partial charge in [0.2, 0.25) is 0 Å². The first-order valence-corrected chi connectivity index (χ1v) is 12.6. The van der Waals surface area contributed by atoms with Crippen molar-refractivity contribution in [1.82, 2.24) is 9.97 Å². The molecule has 0 bridgehead atoms. The monoisotopic (exact) mass is 699 g/mol. The van der Waals surface area contributed by atoms with Gasteiger partial charge in [-0.1, -0.05) is 72.5 Å². The third-order valence-electron chi connectivity index (χ3n) is 6.44. The molecule has 3 nitrogen and oxygen atoms in total. The molecule has 0 N–H and O–H groups in total. The predicted molar refractivity (Wildman–Crippen MR) is 154 cm³/mol. The summed E-state index contributed by atoms with van der Waals surface area (Å²) in [4.78, 5) is 8.65. The molecule has 3 heterocycles. The van der Waals surface area contributed by atoms with Gasteiger partial charge >= 0.3 is 0 Å². The van der Waals surface area contributed by atoms with Gasteiger partial charge in [-0.25, -0.2) is 4.39 Å². The maximum atomic E-state index is 14.7. The first kappa shape index (κ1) is 27.1. The molecule has 197 valence electrons. The molecule has 0 saturated carbocycles. The second-order valence-corrected chi connectivity index (χ2v) is 9.07. The van der Waals surface area contributed by atoms with E-state index in [0.29, 0.717) is 16.7 Å². The topological polar surface area (TPSA) is 38.9 Å². The van der Waals surface area contributed by atoms with Gasteiger partial charge in [-0.05, 0) is 41.2 Å². The standard InChI is InChI=1S/C23H13FNO.C12H10N.Ir/c24-19-13-12-17-16-9-6-10-18(20-11-4-5-14-25-20)22(16)26-23(17)21(19)15-7-2-1-3-8-15;1-10-5-7-11(8-6-10)12-4-2-3-9-13-12;/h1-9,11-14H;2-7,9H,1H3;/q2*-1;. The van der Waals surface area contributed by atoms with Gasteiger partial charge in [0.15, 0.2) is 0 Å². The first-order valence-electron chi connectivity index (χ1n) is 12.6. The van der Waals surface area contributed by atoms with Crippen molar-refractivity contribution in [3.63, 3.8) is 0 Å². The third kappa shape index (κ3) is 5.48. The van der Waals surface area contributed by atoms with E-state index < -0.39 is 0 Å². The molecule has 4 aromatic carbocycles. The average Bonchev–Trinajstić information content (AvgIpc) is 3.38. The molecular weight excluding hydrogens is 676 g/mol. The molecule has 1 radical (unpaired) electrons. The van der Waals surface area contributed by atoms with Crippen LogP contribution in [0.25, 0.3) is 55.6 Å². The fourth-order valence-electron chi connectivity index (χ4n) is 4.54. The Kier molecular flexibility index (Phi) is 8.25. The second kappa shape index (κ2) is 12.2. The summed E-state index contributed by atoms with van der Waals surface area (Å²) >= 11 is 0. The van der Waals surface area contributed by atoms with E-state index in [4.69, 9.17) is 4.42 Å². The van der Waals surface area contributed by atoms with Crippen LogP contribution in [0.4, 0.5) is 4.39 Å². The molecule has 7 aromatic rings. The van der Waals surface area contributed by atoms with Crippen LogP contribution in [0, 0.1) is 24.9 Å². The Hall–Kier alpha value is -4.44. The van der Waals surface area contributed by atoms with Crippen LogP contribution in [0.1, 0.15) is 5.56 Å². The molecule has 0 fully saturated rings. The summed E-state index contributed by atoms with van der Waals surface area (Å²) < 4.78 is 20.9. The quantitative estimate of drug-likeness (QED) is 0.173. The normalized spacial score (nSPS) is 10.6. The number of pyridine rings is 2. The molecule has 0 amide bonds. The van der Waals surface area contributed by atoms with Crippen LogP contribution in [-0.2, 0) is 20.1 Å². The van der Waals surface area contributed by atoms with E-state index in [1.165, 1.54) is 11.6 Å². The Morgan fingerprint density at radius 3 is 2.05 bits per heavy atom. The summed E-state index contributed by atoms with van der Waals surface area (Å²) in [5.41, 5.74) is 7.28. The SMILES string of the molecule is Cc1c[c-]c(-c2ccccn2)cc1.Fc1ccc2c(oc3c(-c4ccccn4)[c-]ccc32)c1-c1ccccc1.[Ir]. The summed E-state index contributed by atoms with van der Waals surface area (Å²) in [5.74, 6) is -0.300. The van der Waals surface area contributed by atoms with Gasteiger partial charge in [0.1, 0.15) is 11.4 Å². The van der Waals surface area contributed by atoms with Crippen LogP contribution in [0.5, 0.6) is 0 Å². The van der Waals surface area contributed by atoms with E-state index in [9.17, 15) is 4.39 Å². The van der Waals surface area contributed by atoms with Gasteiger partial charge in [-0.15, -0.1) is 53.6 Å². The summed E-state index contributed by atoms with van der Waals surface area (Å²) in [5, 5.41) is 1.81. The molecule has 5 heteroatoms. The average molecular weight is 699 g/mol. The van der Waals surface area contributed by atoms with Gasteiger partial charge < -0.3 is 14.4 Å². The Bertz CT molecular complexity index is 1850. The number of halogens is 1. The minimum Gasteiger partial charge on any atom is -0.500 e. The fraction of sp³-hybridized carbons (Fsp3) is 0.0286. The number of rotatable bonds is 3. The van der Waals surface area contributed by atoms with E-state index in [2.05, 4.69) is 35.1 Å². The molecular formula is C35H23FIrN2O-2. The molecule has 3 aromatic heterocycles. The van der Waals surface area contributed by atoms with Gasteiger partial charge in [-0.2, -0.15) is 0 Å². The van der Waals surface area contributed by atoms with E-state index in [-0.39, 0.29) is 25.9 Å². The molecule has 0 unspecified atom stereocenters. The molecule has 0 aliphatic rings. The smallest absolute Gasteiger partial charge is 0.134 e. The molecule has 0 saturated heterocycles. The number of aromatic nitrogens is 2. The van der Waals surface area contributed by atoms with Crippen LogP contribution in [-0.4, -0.2) is 9.97 Å². The van der Waals surface area contributed by atoms with Crippen LogP contribution >= 0.6 is 0 Å². The first-order chi connectivity index (χ1) is 19.2. The maximum Gasteiger partial charge on any atom is 0.134 e. The number of benzene rings is 4. The Morgan fingerprint density at radius 2 is 1.38 bits per heavy atom. The number of aryl methyl sites for hydroxylation is 1. The zero-order chi connectivity index (χ0) is 26.6. The second-order valence-electron chi connectivity index (χ2n) is 9.07. The fourth-order valence-corrected chi connectivity index (χ4v) is 4.54. The van der Waals surface area contributed by atoms with Crippen molar-refractivity contribution in [2.24, 2.45) is 0 Å². The number of furan rings is 1. The number of hydrogen-bond donors (Lipinski definition) is 0. The van der Waals surface area contributed by atoms with Crippen LogP contribution in [0.3, 0.4) is 0 Å². The van der Waals surface area contributed by atoms with Crippen molar-refractivity contribution in [2.75, 3.05) is 0 Å². The zero-order valence-electron chi connectivity index (χ0n) is 21.6. The summed E-state index contributed by atoms with van der Waals surface area (Å²) in [6.45, 7) is 2.05. The molecule has 0 aliphatic heterocycles. The van der Waals surface area contributed by atoms with Gasteiger partial charge in [-0.3, -0.25) is 0 Å². The number of fused-ring (bicyclic) bond motifs is 3. The van der Waals surface area contributed by atoms with Gasteiger partial charge in [0.25, 0.3) is 0 Å². The van der Waals surface area contributed by atoms with Crippen molar-refractivity contribution < 1.29 is 28.9 Å². The molecule has 0 atom stereocenters. The van der Waals surface area contributed by atoms with Crippen molar-refractivity contribution in [3.05, 3.63) is 145 Å². The van der Waals surface area contributed by atoms with E-state index in [1.54, 1.807) is 18.5 Å². The summed E-state index contributed by atoms with van der Waals surface area (Å²) in [7, 11) is 0. The maximum absolute atomic E-state index is 14.7. The van der Waals surface area contributed by atoms with Crippen molar-refractivity contribution in [3.8, 4) is 33.6 Å². The minimum atomic E-state index is -0.300. The van der Waals surface area contributed by atoms with Crippen molar-refractivity contribution in [1.29, 1.82) is 0 Å². The van der Waals surface area contributed by atoms with Crippen LogP contribution in [0.2, 0.25) is 0 Å². The number of nitrogens with zero attached hydrogens (tertiary/aromatic N) is 2. The Labute approximate surface area is 245 Å². The molecule has 7 rings (SSSR count).